The highest BCUT2D eigenvalue weighted by atomic mass is 32.1. The highest BCUT2D eigenvalue weighted by Gasteiger charge is 2.11. The molecule has 0 aliphatic heterocycles. The summed E-state index contributed by atoms with van der Waals surface area (Å²) in [7, 11) is 0. The number of carbonyl (C=O) groups excluding carboxylic acids is 1. The molecule has 3 aromatic rings. The minimum Gasteiger partial charge on any atom is -0.491 e. The number of hydrogen-bond acceptors (Lipinski definition) is 3. The number of unbranched alkanes of at least 4 members (excludes halogenated alkanes) is 11. The van der Waals surface area contributed by atoms with Gasteiger partial charge in [-0.15, -0.1) is 0 Å². The Morgan fingerprint density at radius 3 is 2.23 bits per heavy atom. The van der Waals surface area contributed by atoms with Crippen molar-refractivity contribution in [1.82, 2.24) is 0 Å². The molecule has 39 heavy (non-hydrogen) atoms. The predicted molar refractivity (Wildman–Crippen MR) is 160 cm³/mol. The molecule has 1 heterocycles. The lowest BCUT2D eigenvalue weighted by molar-refractivity contribution is -0.683. The number of aryl methyl sites for hydroxylation is 1. The first-order chi connectivity index (χ1) is 19.0. The van der Waals surface area contributed by atoms with Crippen LogP contribution in [-0.2, 0) is 17.8 Å². The molecule has 2 aromatic carbocycles. The van der Waals surface area contributed by atoms with Crippen LogP contribution in [0.4, 0.5) is 10.1 Å². The fraction of sp³-hybridized carbons (Fsp3) is 0.515. The zero-order valence-corrected chi connectivity index (χ0v) is 24.7. The second-order valence-corrected chi connectivity index (χ2v) is 11.7. The summed E-state index contributed by atoms with van der Waals surface area (Å²) in [5, 5.41) is 2.94. The van der Waals surface area contributed by atoms with Crippen molar-refractivity contribution in [2.24, 2.45) is 0 Å². The summed E-state index contributed by atoms with van der Waals surface area (Å²) in [5.74, 6) is -0.323. The first-order valence-electron chi connectivity index (χ1n) is 14.8. The minimum atomic E-state index is -0.413. The van der Waals surface area contributed by atoms with Crippen LogP contribution in [0.3, 0.4) is 0 Å². The maximum atomic E-state index is 14.6. The van der Waals surface area contributed by atoms with Gasteiger partial charge in [0.05, 0.1) is 17.9 Å². The quantitative estimate of drug-likeness (QED) is 0.119. The average Bonchev–Trinajstić information content (AvgIpc) is 3.32. The Morgan fingerprint density at radius 1 is 0.897 bits per heavy atom. The Labute approximate surface area is 238 Å². The number of carbonyl (C=O) groups is 1. The highest BCUT2D eigenvalue weighted by Crippen LogP contribution is 2.20. The van der Waals surface area contributed by atoms with Gasteiger partial charge in [0, 0.05) is 11.3 Å². The van der Waals surface area contributed by atoms with Crippen LogP contribution in [0.1, 0.15) is 100.0 Å². The third-order valence-corrected chi connectivity index (χ3v) is 7.77. The third kappa shape index (κ3) is 12.3. The highest BCUT2D eigenvalue weighted by molar-refractivity contribution is 7.09. The number of hydrogen-bond donors (Lipinski definition) is 1. The number of aromatic nitrogens is 1. The van der Waals surface area contributed by atoms with Crippen LogP contribution in [0.15, 0.2) is 54.2 Å². The van der Waals surface area contributed by atoms with Gasteiger partial charge in [0.1, 0.15) is 0 Å². The van der Waals surface area contributed by atoms with Gasteiger partial charge in [0.25, 0.3) is 0 Å². The average molecular weight is 554 g/mol. The summed E-state index contributed by atoms with van der Waals surface area (Å²) >= 11 is 1.71. The van der Waals surface area contributed by atoms with Gasteiger partial charge in [0.2, 0.25) is 11.4 Å². The SMILES string of the molecule is CCCCCCCCCCCCCCOc1ccc(CC(=O)Nc2cccc(C[n+]3csc(C)c3)c2)cc1F. The van der Waals surface area contributed by atoms with Crippen LogP contribution >= 0.6 is 11.3 Å². The lowest BCUT2D eigenvalue weighted by Gasteiger charge is -2.10. The van der Waals surface area contributed by atoms with Gasteiger partial charge in [-0.05, 0) is 43.2 Å². The summed E-state index contributed by atoms with van der Waals surface area (Å²) in [6.45, 7) is 5.61. The molecule has 0 spiro atoms. The van der Waals surface area contributed by atoms with E-state index in [1.54, 1.807) is 23.5 Å². The molecule has 0 radical (unpaired) electrons. The fourth-order valence-electron chi connectivity index (χ4n) is 4.77. The topological polar surface area (TPSA) is 42.2 Å². The Bertz CT molecular complexity index is 1130. The Balaban J connectivity index is 1.30. The molecule has 0 saturated heterocycles. The maximum absolute atomic E-state index is 14.6. The summed E-state index contributed by atoms with van der Waals surface area (Å²) in [4.78, 5) is 13.8. The van der Waals surface area contributed by atoms with Gasteiger partial charge in [-0.2, -0.15) is 4.57 Å². The number of amides is 1. The molecule has 1 N–H and O–H groups in total. The van der Waals surface area contributed by atoms with E-state index in [1.165, 1.54) is 75.2 Å². The van der Waals surface area contributed by atoms with E-state index in [0.717, 1.165) is 30.6 Å². The van der Waals surface area contributed by atoms with Crippen LogP contribution in [0.25, 0.3) is 0 Å². The lowest BCUT2D eigenvalue weighted by Crippen LogP contribution is -2.30. The van der Waals surface area contributed by atoms with E-state index in [-0.39, 0.29) is 18.1 Å². The number of anilines is 1. The molecule has 0 aliphatic carbocycles. The number of halogens is 1. The third-order valence-electron chi connectivity index (χ3n) is 6.91. The molecule has 0 saturated carbocycles. The van der Waals surface area contributed by atoms with Crippen LogP contribution in [-0.4, -0.2) is 12.5 Å². The minimum absolute atomic E-state index is 0.110. The van der Waals surface area contributed by atoms with Crippen molar-refractivity contribution >= 4 is 22.9 Å². The normalized spacial score (nSPS) is 11.1. The summed E-state index contributed by atoms with van der Waals surface area (Å²) in [6.07, 6.45) is 17.6. The van der Waals surface area contributed by atoms with Crippen molar-refractivity contribution in [3.63, 3.8) is 0 Å². The number of thiazole rings is 1. The van der Waals surface area contributed by atoms with Gasteiger partial charge < -0.3 is 10.1 Å². The van der Waals surface area contributed by atoms with E-state index in [4.69, 9.17) is 4.74 Å². The van der Waals surface area contributed by atoms with E-state index in [2.05, 4.69) is 35.4 Å². The van der Waals surface area contributed by atoms with Crippen molar-refractivity contribution in [2.75, 3.05) is 11.9 Å². The standard InChI is InChI=1S/C33H45FN2O2S/c1-3-4-5-6-7-8-9-10-11-12-13-14-20-38-32-19-18-28(22-31(32)34)23-33(37)35-30-17-15-16-29(21-30)25-36-24-27(2)39-26-36/h15-19,21-22,24,26H,3-14,20,23,25H2,1-2H3/p+1. The fourth-order valence-corrected chi connectivity index (χ4v) is 5.41. The van der Waals surface area contributed by atoms with Gasteiger partial charge in [0.15, 0.2) is 24.3 Å². The zero-order valence-electron chi connectivity index (χ0n) is 23.9. The van der Waals surface area contributed by atoms with Gasteiger partial charge >= 0.3 is 0 Å². The molecule has 0 atom stereocenters. The number of rotatable bonds is 19. The smallest absolute Gasteiger partial charge is 0.228 e. The first-order valence-corrected chi connectivity index (χ1v) is 15.7. The van der Waals surface area contributed by atoms with Gasteiger partial charge in [-0.3, -0.25) is 4.79 Å². The molecular weight excluding hydrogens is 507 g/mol. The Kier molecular flexibility index (Phi) is 14.0. The van der Waals surface area contributed by atoms with E-state index in [9.17, 15) is 9.18 Å². The van der Waals surface area contributed by atoms with E-state index in [1.807, 2.05) is 24.3 Å². The molecule has 3 rings (SSSR count). The van der Waals surface area contributed by atoms with Gasteiger partial charge in [-0.1, -0.05) is 107 Å². The van der Waals surface area contributed by atoms with Crippen molar-refractivity contribution in [2.45, 2.75) is 104 Å². The number of benzene rings is 2. The van der Waals surface area contributed by atoms with Crippen LogP contribution in [0.2, 0.25) is 0 Å². The lowest BCUT2D eigenvalue weighted by atomic mass is 10.1. The molecule has 0 bridgehead atoms. The second-order valence-electron chi connectivity index (χ2n) is 10.6. The summed E-state index contributed by atoms with van der Waals surface area (Å²) in [5.41, 5.74) is 4.56. The van der Waals surface area contributed by atoms with E-state index in [0.29, 0.717) is 12.2 Å². The molecule has 4 nitrogen and oxygen atoms in total. The Morgan fingerprint density at radius 2 is 1.59 bits per heavy atom. The van der Waals surface area contributed by atoms with Crippen molar-refractivity contribution in [3.8, 4) is 5.75 Å². The van der Waals surface area contributed by atoms with Crippen LogP contribution in [0.5, 0.6) is 5.75 Å². The first kappa shape index (κ1) is 30.8. The number of nitrogens with one attached hydrogen (secondary N) is 1. The molecular formula is C33H46FN2O2S+. The molecule has 212 valence electrons. The van der Waals surface area contributed by atoms with Crippen molar-refractivity contribution in [1.29, 1.82) is 0 Å². The summed E-state index contributed by atoms with van der Waals surface area (Å²) in [6, 6.07) is 12.6. The largest absolute Gasteiger partial charge is 0.491 e. The van der Waals surface area contributed by atoms with E-state index < -0.39 is 5.82 Å². The maximum Gasteiger partial charge on any atom is 0.228 e. The summed E-state index contributed by atoms with van der Waals surface area (Å²) < 4.78 is 22.4. The molecule has 1 amide bonds. The Hall–Kier alpha value is -2.73. The molecule has 0 aliphatic rings. The molecule has 0 fully saturated rings. The molecule has 0 unspecified atom stereocenters. The molecule has 6 heteroatoms. The van der Waals surface area contributed by atoms with Crippen LogP contribution < -0.4 is 14.6 Å². The van der Waals surface area contributed by atoms with Crippen molar-refractivity contribution < 1.29 is 18.5 Å². The van der Waals surface area contributed by atoms with Gasteiger partial charge in [-0.25, -0.2) is 4.39 Å². The second kappa shape index (κ2) is 17.8. The molecule has 1 aromatic heterocycles. The van der Waals surface area contributed by atoms with Crippen LogP contribution in [0, 0.1) is 12.7 Å². The van der Waals surface area contributed by atoms with E-state index >= 15 is 0 Å². The van der Waals surface area contributed by atoms with Crippen molar-refractivity contribution in [3.05, 3.63) is 76.0 Å². The zero-order chi connectivity index (χ0) is 27.7. The number of nitrogens with zero attached hydrogens (tertiary/aromatic N) is 1. The monoisotopic (exact) mass is 553 g/mol. The number of ether oxygens (including phenoxy) is 1. The predicted octanol–water partition coefficient (Wildman–Crippen LogP) is 8.79.